The van der Waals surface area contributed by atoms with E-state index in [0.29, 0.717) is 59.5 Å². The smallest absolute Gasteiger partial charge is 0.378 e. The van der Waals surface area contributed by atoms with Gasteiger partial charge in [0.2, 0.25) is 0 Å². The van der Waals surface area contributed by atoms with Crippen LogP contribution in [0.5, 0.6) is 0 Å². The topological polar surface area (TPSA) is 88.6 Å². The third-order valence-electron chi connectivity index (χ3n) is 3.54. The van der Waals surface area contributed by atoms with Crippen LogP contribution in [0.15, 0.2) is 0 Å². The number of carbonyl (C=O) groups is 3. The zero-order valence-corrected chi connectivity index (χ0v) is 22.0. The molecule has 0 N–H and O–H groups in total. The van der Waals surface area contributed by atoms with Crippen LogP contribution < -0.4 is 0 Å². The van der Waals surface area contributed by atoms with E-state index in [2.05, 4.69) is 14.7 Å². The molecule has 0 aromatic rings. The van der Waals surface area contributed by atoms with Crippen molar-refractivity contribution in [3.05, 3.63) is 0 Å². The number of carbonyl (C=O) groups excluding carboxylic acids is 3. The summed E-state index contributed by atoms with van der Waals surface area (Å²) in [7, 11) is 7.25. The zero-order chi connectivity index (χ0) is 22.2. The highest BCUT2D eigenvalue weighted by Crippen LogP contribution is 2.21. The van der Waals surface area contributed by atoms with E-state index in [1.54, 1.807) is 0 Å². The van der Waals surface area contributed by atoms with Crippen LogP contribution in [0.4, 0.5) is 14.4 Å². The molecule has 1 aliphatic rings. The molecule has 0 aliphatic carbocycles. The van der Waals surface area contributed by atoms with Crippen LogP contribution >= 0.6 is 64.8 Å². The first kappa shape index (κ1) is 28.4. The van der Waals surface area contributed by atoms with E-state index in [0.717, 1.165) is 32.4 Å². The Balaban J connectivity index is 2.47. The summed E-state index contributed by atoms with van der Waals surface area (Å²) >= 11 is 0. The first-order valence-corrected chi connectivity index (χ1v) is 16.4. The average molecular weight is 538 g/mol. The van der Waals surface area contributed by atoms with E-state index in [4.69, 9.17) is 14.2 Å². The Morgan fingerprint density at radius 1 is 0.600 bits per heavy atom. The molecule has 1 rings (SSSR count). The molecular weight excluding hydrogens is 511 g/mol. The first-order valence-electron chi connectivity index (χ1n) is 8.77. The molecule has 0 amide bonds. The highest BCUT2D eigenvalue weighted by molar-refractivity contribution is 8.82. The summed E-state index contributed by atoms with van der Waals surface area (Å²) in [5, 5.41) is -0.904. The maximum Gasteiger partial charge on any atom is 0.378 e. The Morgan fingerprint density at radius 2 is 0.867 bits per heavy atom. The van der Waals surface area contributed by atoms with Gasteiger partial charge in [0.15, 0.2) is 0 Å². The van der Waals surface area contributed by atoms with Crippen molar-refractivity contribution >= 4 is 80.7 Å². The minimum atomic E-state index is -0.301. The number of rotatable bonds is 12. The summed E-state index contributed by atoms with van der Waals surface area (Å²) in [5.74, 6) is 0. The molecule has 0 atom stereocenters. The number of hydrogen-bond acceptors (Lipinski definition) is 15. The van der Waals surface area contributed by atoms with Gasteiger partial charge in [0, 0.05) is 52.0 Å². The summed E-state index contributed by atoms with van der Waals surface area (Å²) in [6.45, 7) is 4.64. The highest BCUT2D eigenvalue weighted by atomic mass is 33.1. The third kappa shape index (κ3) is 13.7. The van der Waals surface area contributed by atoms with Crippen molar-refractivity contribution in [2.45, 2.75) is 0 Å². The summed E-state index contributed by atoms with van der Waals surface area (Å²) in [6, 6.07) is 0. The molecule has 1 heterocycles. The van der Waals surface area contributed by atoms with E-state index < -0.39 is 0 Å². The van der Waals surface area contributed by atoms with Gasteiger partial charge < -0.3 is 14.2 Å². The summed E-state index contributed by atoms with van der Waals surface area (Å²) < 4.78 is 15.6. The maximum absolute atomic E-state index is 11.5. The molecule has 0 aromatic heterocycles. The Labute approximate surface area is 201 Å². The fraction of sp³-hybridized carbons (Fsp3) is 0.800. The van der Waals surface area contributed by atoms with Gasteiger partial charge in [-0.3, -0.25) is 14.7 Å². The fourth-order valence-corrected chi connectivity index (χ4v) is 4.92. The molecule has 30 heavy (non-hydrogen) atoms. The van der Waals surface area contributed by atoms with Gasteiger partial charge in [-0.25, -0.2) is 14.4 Å². The molecule has 0 unspecified atom stereocenters. The normalized spacial score (nSPS) is 15.7. The monoisotopic (exact) mass is 537 g/mol. The second kappa shape index (κ2) is 17.9. The van der Waals surface area contributed by atoms with E-state index in [-0.39, 0.29) is 15.9 Å². The Morgan fingerprint density at radius 3 is 1.10 bits per heavy atom. The largest absolute Gasteiger partial charge is 0.456 e. The summed E-state index contributed by atoms with van der Waals surface area (Å²) in [5.41, 5.74) is 0. The molecule has 15 heteroatoms. The lowest BCUT2D eigenvalue weighted by molar-refractivity contribution is -0.0449. The molecular formula is C15H27N3O6S6. The van der Waals surface area contributed by atoms with Gasteiger partial charge in [0.25, 0.3) is 0 Å². The van der Waals surface area contributed by atoms with Gasteiger partial charge in [-0.15, -0.1) is 0 Å². The van der Waals surface area contributed by atoms with Crippen molar-refractivity contribution in [3.8, 4) is 0 Å². The van der Waals surface area contributed by atoms with Gasteiger partial charge in [-0.1, -0.05) is 32.4 Å². The van der Waals surface area contributed by atoms with E-state index in [9.17, 15) is 14.4 Å². The van der Waals surface area contributed by atoms with Crippen LogP contribution in [-0.2, 0) is 14.2 Å². The molecule has 1 fully saturated rings. The number of nitrogens with zero attached hydrogens (tertiary/aromatic N) is 3. The van der Waals surface area contributed by atoms with E-state index in [1.165, 1.54) is 32.4 Å². The number of hydrogen-bond donors (Lipinski definition) is 0. The van der Waals surface area contributed by atoms with Crippen molar-refractivity contribution in [3.63, 3.8) is 0 Å². The van der Waals surface area contributed by atoms with Gasteiger partial charge in [-0.2, -0.15) is 0 Å². The van der Waals surface area contributed by atoms with Crippen LogP contribution in [0.3, 0.4) is 0 Å². The molecule has 0 spiro atoms. The quantitative estimate of drug-likeness (QED) is 0.202. The zero-order valence-electron chi connectivity index (χ0n) is 17.1. The van der Waals surface area contributed by atoms with Crippen molar-refractivity contribution in [1.29, 1.82) is 0 Å². The second-order valence-electron chi connectivity index (χ2n) is 5.65. The van der Waals surface area contributed by atoms with Gasteiger partial charge in [0.05, 0.1) is 20.0 Å². The fourth-order valence-electron chi connectivity index (χ4n) is 2.46. The molecule has 0 saturated carbocycles. The maximum atomic E-state index is 11.5. The van der Waals surface area contributed by atoms with Gasteiger partial charge in [0.1, 0.15) is 19.8 Å². The predicted molar refractivity (Wildman–Crippen MR) is 132 cm³/mol. The molecule has 1 aliphatic heterocycles. The van der Waals surface area contributed by atoms with Crippen LogP contribution in [0.1, 0.15) is 0 Å². The van der Waals surface area contributed by atoms with Crippen molar-refractivity contribution in [2.75, 3.05) is 78.2 Å². The minimum absolute atomic E-state index is 0.298. The van der Waals surface area contributed by atoms with Crippen LogP contribution in [0.2, 0.25) is 0 Å². The lowest BCUT2D eigenvalue weighted by Gasteiger charge is -2.42. The van der Waals surface area contributed by atoms with Crippen LogP contribution in [0, 0.1) is 0 Å². The number of ether oxygens (including phenoxy) is 3. The van der Waals surface area contributed by atoms with Crippen molar-refractivity contribution < 1.29 is 28.6 Å². The summed E-state index contributed by atoms with van der Waals surface area (Å²) in [6.07, 6.45) is 5.46. The Bertz CT molecular complexity index is 458. The lowest BCUT2D eigenvalue weighted by Crippen LogP contribution is -2.56. The van der Waals surface area contributed by atoms with Gasteiger partial charge in [-0.05, 0) is 18.8 Å². The van der Waals surface area contributed by atoms with Crippen molar-refractivity contribution in [2.24, 2.45) is 0 Å². The second-order valence-corrected chi connectivity index (χ2v) is 12.7. The predicted octanol–water partition coefficient (Wildman–Crippen LogP) is 4.22. The minimum Gasteiger partial charge on any atom is -0.456 e. The third-order valence-corrected chi connectivity index (χ3v) is 7.52. The molecule has 0 radical (unpaired) electrons. The average Bonchev–Trinajstić information content (AvgIpc) is 2.68. The van der Waals surface area contributed by atoms with Crippen molar-refractivity contribution in [1.82, 2.24) is 14.7 Å². The molecule has 1 saturated heterocycles. The van der Waals surface area contributed by atoms with Crippen LogP contribution in [-0.4, -0.2) is 109 Å². The Hall–Kier alpha value is 0.390. The molecule has 0 aromatic carbocycles. The highest BCUT2D eigenvalue weighted by Gasteiger charge is 2.24. The SMILES string of the molecule is CSSC(=O)OCCN1CN(CCOC(=O)SSC)CN(CCOC(=O)SSC)C1. The molecule has 0 bridgehead atoms. The lowest BCUT2D eigenvalue weighted by atomic mass is 10.4. The standard InChI is InChI=1S/C15H27N3O6S6/c1-25-28-13(19)22-7-4-16-10-17(5-8-23-14(20)29-26-2)12-18(11-16)6-9-24-15(21)30-27-3/h4-12H2,1-3H3. The first-order chi connectivity index (χ1) is 14.5. The Kier molecular flexibility index (Phi) is 16.9. The van der Waals surface area contributed by atoms with E-state index >= 15 is 0 Å². The van der Waals surface area contributed by atoms with Crippen LogP contribution in [0.25, 0.3) is 0 Å². The molecule has 9 nitrogen and oxygen atoms in total. The van der Waals surface area contributed by atoms with E-state index in [1.807, 2.05) is 18.8 Å². The molecule has 174 valence electrons. The van der Waals surface area contributed by atoms with Gasteiger partial charge >= 0.3 is 15.9 Å². The summed E-state index contributed by atoms with van der Waals surface area (Å²) in [4.78, 5) is 40.9.